The van der Waals surface area contributed by atoms with E-state index < -0.39 is 0 Å². The van der Waals surface area contributed by atoms with Gasteiger partial charge in [0.25, 0.3) is 0 Å². The minimum atomic E-state index is 0.408. The average Bonchev–Trinajstić information content (AvgIpc) is 2.38. The van der Waals surface area contributed by atoms with Crippen LogP contribution in [0.1, 0.15) is 30.0 Å². The van der Waals surface area contributed by atoms with Crippen LogP contribution < -0.4 is 16.8 Å². The molecule has 0 amide bonds. The molecule has 0 spiro atoms. The lowest BCUT2D eigenvalue weighted by atomic mass is 9.86. The van der Waals surface area contributed by atoms with E-state index >= 15 is 0 Å². The Morgan fingerprint density at radius 1 is 1.31 bits per heavy atom. The van der Waals surface area contributed by atoms with Gasteiger partial charge in [0, 0.05) is 12.6 Å². The van der Waals surface area contributed by atoms with E-state index in [1.807, 2.05) is 0 Å². The van der Waals surface area contributed by atoms with E-state index in [1.54, 1.807) is 0 Å². The average molecular weight is 219 g/mol. The zero-order valence-corrected chi connectivity index (χ0v) is 9.65. The molecule has 2 rings (SSSR count). The maximum atomic E-state index is 5.84. The SMILES string of the molecule is NCc1cccc(C2NCCCC2CN)c1. The Bertz CT molecular complexity index is 338. The largest absolute Gasteiger partial charge is 0.330 e. The quantitative estimate of drug-likeness (QED) is 0.714. The molecule has 0 aromatic heterocycles. The van der Waals surface area contributed by atoms with Crippen LogP contribution >= 0.6 is 0 Å². The first-order chi connectivity index (χ1) is 7.85. The van der Waals surface area contributed by atoms with Gasteiger partial charge in [-0.25, -0.2) is 0 Å². The summed E-state index contributed by atoms with van der Waals surface area (Å²) in [4.78, 5) is 0. The van der Waals surface area contributed by atoms with Crippen molar-refractivity contribution < 1.29 is 0 Å². The van der Waals surface area contributed by atoms with Crippen LogP contribution in [-0.4, -0.2) is 13.1 Å². The summed E-state index contributed by atoms with van der Waals surface area (Å²) in [5.41, 5.74) is 14.0. The summed E-state index contributed by atoms with van der Waals surface area (Å²) < 4.78 is 0. The van der Waals surface area contributed by atoms with Gasteiger partial charge in [0.2, 0.25) is 0 Å². The molecule has 1 saturated heterocycles. The molecule has 1 aromatic rings. The van der Waals surface area contributed by atoms with Gasteiger partial charge >= 0.3 is 0 Å². The second-order valence-electron chi connectivity index (χ2n) is 4.52. The van der Waals surface area contributed by atoms with Crippen LogP contribution in [0.25, 0.3) is 0 Å². The second kappa shape index (κ2) is 5.43. The van der Waals surface area contributed by atoms with Crippen molar-refractivity contribution in [2.75, 3.05) is 13.1 Å². The number of nitrogens with one attached hydrogen (secondary N) is 1. The number of piperidine rings is 1. The van der Waals surface area contributed by atoms with Gasteiger partial charge in [-0.3, -0.25) is 0 Å². The van der Waals surface area contributed by atoms with Gasteiger partial charge in [-0.1, -0.05) is 24.3 Å². The summed E-state index contributed by atoms with van der Waals surface area (Å²) in [5.74, 6) is 0.557. The Balaban J connectivity index is 2.20. The molecule has 5 N–H and O–H groups in total. The molecule has 1 aliphatic heterocycles. The van der Waals surface area contributed by atoms with Gasteiger partial charge in [-0.05, 0) is 43.0 Å². The molecular weight excluding hydrogens is 198 g/mol. The van der Waals surface area contributed by atoms with E-state index in [9.17, 15) is 0 Å². The first kappa shape index (κ1) is 11.6. The number of nitrogens with two attached hydrogens (primary N) is 2. The minimum Gasteiger partial charge on any atom is -0.330 e. The van der Waals surface area contributed by atoms with E-state index in [-0.39, 0.29) is 0 Å². The Morgan fingerprint density at radius 2 is 2.19 bits per heavy atom. The van der Waals surface area contributed by atoms with Crippen molar-refractivity contribution in [2.24, 2.45) is 17.4 Å². The molecular formula is C13H21N3. The predicted octanol–water partition coefficient (Wildman–Crippen LogP) is 1.14. The van der Waals surface area contributed by atoms with E-state index in [1.165, 1.54) is 24.0 Å². The van der Waals surface area contributed by atoms with Crippen LogP contribution in [0.15, 0.2) is 24.3 Å². The van der Waals surface area contributed by atoms with Crippen molar-refractivity contribution in [1.29, 1.82) is 0 Å². The molecule has 2 unspecified atom stereocenters. The van der Waals surface area contributed by atoms with Crippen LogP contribution in [0.4, 0.5) is 0 Å². The first-order valence-electron chi connectivity index (χ1n) is 6.07. The van der Waals surface area contributed by atoms with E-state index in [0.29, 0.717) is 18.5 Å². The van der Waals surface area contributed by atoms with Gasteiger partial charge in [0.15, 0.2) is 0 Å². The van der Waals surface area contributed by atoms with Crippen LogP contribution in [0.2, 0.25) is 0 Å². The Labute approximate surface area is 97.2 Å². The molecule has 0 bridgehead atoms. The third-order valence-electron chi connectivity index (χ3n) is 3.44. The summed E-state index contributed by atoms with van der Waals surface area (Å²) in [6, 6.07) is 8.94. The highest BCUT2D eigenvalue weighted by atomic mass is 14.9. The molecule has 2 atom stereocenters. The Kier molecular flexibility index (Phi) is 3.93. The molecule has 88 valence electrons. The topological polar surface area (TPSA) is 64.1 Å². The van der Waals surface area contributed by atoms with Crippen molar-refractivity contribution in [1.82, 2.24) is 5.32 Å². The minimum absolute atomic E-state index is 0.408. The molecule has 0 radical (unpaired) electrons. The molecule has 1 fully saturated rings. The van der Waals surface area contributed by atoms with Gasteiger partial charge < -0.3 is 16.8 Å². The van der Waals surface area contributed by atoms with Crippen LogP contribution in [0, 0.1) is 5.92 Å². The van der Waals surface area contributed by atoms with Crippen molar-refractivity contribution in [2.45, 2.75) is 25.4 Å². The summed E-state index contributed by atoms with van der Waals surface area (Å²) in [5, 5.41) is 3.57. The number of benzene rings is 1. The fraction of sp³-hybridized carbons (Fsp3) is 0.538. The monoisotopic (exact) mass is 219 g/mol. The van der Waals surface area contributed by atoms with Crippen molar-refractivity contribution in [3.8, 4) is 0 Å². The molecule has 1 aromatic carbocycles. The van der Waals surface area contributed by atoms with E-state index in [2.05, 4.69) is 29.6 Å². The van der Waals surface area contributed by atoms with E-state index in [4.69, 9.17) is 11.5 Å². The van der Waals surface area contributed by atoms with Gasteiger partial charge in [0.05, 0.1) is 0 Å². The molecule has 1 heterocycles. The predicted molar refractivity (Wildman–Crippen MR) is 66.9 cm³/mol. The summed E-state index contributed by atoms with van der Waals surface area (Å²) in [6.45, 7) is 2.45. The maximum absolute atomic E-state index is 5.84. The summed E-state index contributed by atoms with van der Waals surface area (Å²) >= 11 is 0. The Hall–Kier alpha value is -0.900. The third-order valence-corrected chi connectivity index (χ3v) is 3.44. The number of rotatable bonds is 3. The highest BCUT2D eigenvalue weighted by molar-refractivity contribution is 5.27. The molecule has 0 saturated carbocycles. The van der Waals surface area contributed by atoms with Crippen molar-refractivity contribution in [3.63, 3.8) is 0 Å². The second-order valence-corrected chi connectivity index (χ2v) is 4.52. The highest BCUT2D eigenvalue weighted by Gasteiger charge is 2.24. The lowest BCUT2D eigenvalue weighted by Crippen LogP contribution is -2.37. The fourth-order valence-electron chi connectivity index (χ4n) is 2.51. The molecule has 0 aliphatic carbocycles. The zero-order chi connectivity index (χ0) is 11.4. The zero-order valence-electron chi connectivity index (χ0n) is 9.65. The van der Waals surface area contributed by atoms with Crippen LogP contribution in [-0.2, 0) is 6.54 Å². The number of hydrogen-bond donors (Lipinski definition) is 3. The van der Waals surface area contributed by atoms with Crippen molar-refractivity contribution >= 4 is 0 Å². The van der Waals surface area contributed by atoms with Gasteiger partial charge in [-0.2, -0.15) is 0 Å². The smallest absolute Gasteiger partial charge is 0.0360 e. The maximum Gasteiger partial charge on any atom is 0.0360 e. The first-order valence-corrected chi connectivity index (χ1v) is 6.07. The summed E-state index contributed by atoms with van der Waals surface area (Å²) in [6.07, 6.45) is 2.45. The van der Waals surface area contributed by atoms with Gasteiger partial charge in [-0.15, -0.1) is 0 Å². The van der Waals surface area contributed by atoms with Crippen LogP contribution in [0.3, 0.4) is 0 Å². The fourth-order valence-corrected chi connectivity index (χ4v) is 2.51. The standard InChI is InChI=1S/C13H21N3/c14-8-10-3-1-4-11(7-10)13-12(9-15)5-2-6-16-13/h1,3-4,7,12-13,16H,2,5-6,8-9,14-15H2. The van der Waals surface area contributed by atoms with E-state index in [0.717, 1.165) is 13.1 Å². The molecule has 1 aliphatic rings. The lowest BCUT2D eigenvalue weighted by Gasteiger charge is -2.32. The van der Waals surface area contributed by atoms with Crippen molar-refractivity contribution in [3.05, 3.63) is 35.4 Å². The molecule has 3 heteroatoms. The number of hydrogen-bond acceptors (Lipinski definition) is 3. The normalized spacial score (nSPS) is 25.6. The highest BCUT2D eigenvalue weighted by Crippen LogP contribution is 2.28. The Morgan fingerprint density at radius 3 is 2.94 bits per heavy atom. The lowest BCUT2D eigenvalue weighted by molar-refractivity contribution is 0.291. The molecule has 16 heavy (non-hydrogen) atoms. The van der Waals surface area contributed by atoms with Crippen LogP contribution in [0.5, 0.6) is 0 Å². The third kappa shape index (κ3) is 2.43. The van der Waals surface area contributed by atoms with Gasteiger partial charge in [0.1, 0.15) is 0 Å². The molecule has 3 nitrogen and oxygen atoms in total. The summed E-state index contributed by atoms with van der Waals surface area (Å²) in [7, 11) is 0.